The summed E-state index contributed by atoms with van der Waals surface area (Å²) >= 11 is 30.5. The summed E-state index contributed by atoms with van der Waals surface area (Å²) in [6.45, 7) is 0. The first kappa shape index (κ1) is 32.2. The molecule has 0 unspecified atom stereocenters. The SMILES string of the molecule is COc1cc(F)c(Oc2c(Cl)cc(Br)cc2Cl)cc1C=O.COc1ccc(Oc2c(Cl)cc(Br)cc2Cl)c(F)c1. The molecule has 4 aromatic carbocycles. The first-order chi connectivity index (χ1) is 19.0. The van der Waals surface area contributed by atoms with Gasteiger partial charge in [-0.3, -0.25) is 4.79 Å². The van der Waals surface area contributed by atoms with Gasteiger partial charge in [-0.25, -0.2) is 8.78 Å². The quantitative estimate of drug-likeness (QED) is 0.176. The van der Waals surface area contributed by atoms with Crippen LogP contribution in [0, 0.1) is 11.6 Å². The van der Waals surface area contributed by atoms with Gasteiger partial charge in [0, 0.05) is 21.1 Å². The van der Waals surface area contributed by atoms with Crippen molar-refractivity contribution in [2.45, 2.75) is 0 Å². The number of carbonyl (C=O) groups is 1. The van der Waals surface area contributed by atoms with Gasteiger partial charge in [-0.05, 0) is 42.5 Å². The Morgan fingerprint density at radius 2 is 1.12 bits per heavy atom. The van der Waals surface area contributed by atoms with Gasteiger partial charge in [-0.15, -0.1) is 0 Å². The van der Waals surface area contributed by atoms with Gasteiger partial charge >= 0.3 is 0 Å². The molecule has 0 fully saturated rings. The van der Waals surface area contributed by atoms with E-state index >= 15 is 0 Å². The Labute approximate surface area is 265 Å². The molecule has 0 saturated carbocycles. The Hall–Kier alpha value is -2.27. The molecule has 0 atom stereocenters. The minimum absolute atomic E-state index is 0.0203. The van der Waals surface area contributed by atoms with Gasteiger partial charge < -0.3 is 18.9 Å². The van der Waals surface area contributed by atoms with Crippen molar-refractivity contribution in [2.24, 2.45) is 0 Å². The van der Waals surface area contributed by atoms with Crippen LogP contribution in [0.5, 0.6) is 34.5 Å². The average molecular weight is 760 g/mol. The van der Waals surface area contributed by atoms with E-state index in [1.807, 2.05) is 0 Å². The molecule has 0 aliphatic carbocycles. The predicted octanol–water partition coefficient (Wildman–Crippen LogP) is 11.2. The number of ether oxygens (including phenoxy) is 4. The summed E-state index contributed by atoms with van der Waals surface area (Å²) in [7, 11) is 2.79. The fourth-order valence-corrected chi connectivity index (χ4v) is 5.63. The lowest BCUT2D eigenvalue weighted by Gasteiger charge is -2.12. The van der Waals surface area contributed by atoms with E-state index in [9.17, 15) is 13.6 Å². The molecule has 0 bridgehead atoms. The van der Waals surface area contributed by atoms with Crippen LogP contribution in [-0.4, -0.2) is 20.5 Å². The van der Waals surface area contributed by atoms with Crippen LogP contribution in [0.4, 0.5) is 8.78 Å². The molecule has 0 aliphatic rings. The van der Waals surface area contributed by atoms with Gasteiger partial charge in [-0.2, -0.15) is 0 Å². The molecule has 0 N–H and O–H groups in total. The molecule has 4 rings (SSSR count). The molecule has 40 heavy (non-hydrogen) atoms. The molecule has 0 spiro atoms. The van der Waals surface area contributed by atoms with Crippen LogP contribution in [0.15, 0.2) is 63.5 Å². The van der Waals surface area contributed by atoms with Crippen LogP contribution in [0.25, 0.3) is 0 Å². The van der Waals surface area contributed by atoms with Gasteiger partial charge in [0.15, 0.2) is 40.9 Å². The van der Waals surface area contributed by atoms with Crippen molar-refractivity contribution in [3.05, 3.63) is 101 Å². The van der Waals surface area contributed by atoms with Gasteiger partial charge in [0.05, 0.1) is 39.9 Å². The second-order valence-corrected chi connectivity index (χ2v) is 11.0. The number of rotatable bonds is 7. The molecule has 210 valence electrons. The van der Waals surface area contributed by atoms with E-state index in [0.717, 1.165) is 6.07 Å². The fraction of sp³-hybridized carbons (Fsp3) is 0.0741. The van der Waals surface area contributed by atoms with E-state index in [-0.39, 0.29) is 54.4 Å². The second kappa shape index (κ2) is 14.6. The maximum Gasteiger partial charge on any atom is 0.169 e. The average Bonchev–Trinajstić information content (AvgIpc) is 2.89. The van der Waals surface area contributed by atoms with Crippen molar-refractivity contribution in [1.82, 2.24) is 0 Å². The Morgan fingerprint density at radius 3 is 1.55 bits per heavy atom. The molecule has 0 aromatic heterocycles. The largest absolute Gasteiger partial charge is 0.497 e. The van der Waals surface area contributed by atoms with E-state index in [2.05, 4.69) is 31.9 Å². The highest BCUT2D eigenvalue weighted by molar-refractivity contribution is 9.10. The highest BCUT2D eigenvalue weighted by Gasteiger charge is 2.16. The standard InChI is InChI=1S/C14H8BrCl2FO3.C13H8BrCl2FO2/c1-20-12-5-11(18)13(2-7(12)6-19)21-14-9(16)3-8(15)4-10(14)17;1-18-8-2-3-12(11(17)6-8)19-13-9(15)4-7(14)5-10(13)16/h2-6H,1H3;2-6H,1H3. The Bertz CT molecular complexity index is 1510. The lowest BCUT2D eigenvalue weighted by atomic mass is 10.2. The van der Waals surface area contributed by atoms with Crippen LogP contribution in [0.1, 0.15) is 10.4 Å². The third-order valence-electron chi connectivity index (χ3n) is 4.90. The van der Waals surface area contributed by atoms with E-state index < -0.39 is 11.6 Å². The zero-order valence-electron chi connectivity index (χ0n) is 20.3. The smallest absolute Gasteiger partial charge is 0.169 e. The number of hydrogen-bond donors (Lipinski definition) is 0. The zero-order valence-corrected chi connectivity index (χ0v) is 26.5. The van der Waals surface area contributed by atoms with Gasteiger partial charge in [0.25, 0.3) is 0 Å². The molecule has 0 amide bonds. The molecular weight excluding hydrogens is 744 g/mol. The summed E-state index contributed by atoms with van der Waals surface area (Å²) in [5, 5.41) is 0.985. The topological polar surface area (TPSA) is 54.0 Å². The first-order valence-electron chi connectivity index (χ1n) is 10.8. The lowest BCUT2D eigenvalue weighted by Crippen LogP contribution is -1.96. The van der Waals surface area contributed by atoms with E-state index in [0.29, 0.717) is 21.0 Å². The van der Waals surface area contributed by atoms with Crippen molar-refractivity contribution < 1.29 is 32.5 Å². The van der Waals surface area contributed by atoms with Crippen molar-refractivity contribution >= 4 is 84.5 Å². The van der Waals surface area contributed by atoms with Crippen LogP contribution in [0.3, 0.4) is 0 Å². The Morgan fingerprint density at radius 1 is 0.650 bits per heavy atom. The summed E-state index contributed by atoms with van der Waals surface area (Å²) in [6.07, 6.45) is 0.538. The third-order valence-corrected chi connectivity index (χ3v) is 6.94. The predicted molar refractivity (Wildman–Crippen MR) is 160 cm³/mol. The summed E-state index contributed by atoms with van der Waals surface area (Å²) < 4.78 is 49.7. The molecule has 13 heteroatoms. The second-order valence-electron chi connectivity index (χ2n) is 7.54. The maximum atomic E-state index is 14.0. The van der Waals surface area contributed by atoms with E-state index in [1.165, 1.54) is 32.4 Å². The number of aldehydes is 1. The van der Waals surface area contributed by atoms with Crippen LogP contribution in [0.2, 0.25) is 20.1 Å². The lowest BCUT2D eigenvalue weighted by molar-refractivity contribution is 0.112. The molecule has 5 nitrogen and oxygen atoms in total. The molecule has 4 aromatic rings. The molecule has 0 saturated heterocycles. The van der Waals surface area contributed by atoms with Gasteiger partial charge in [0.2, 0.25) is 0 Å². The van der Waals surface area contributed by atoms with Crippen molar-refractivity contribution in [3.8, 4) is 34.5 Å². The van der Waals surface area contributed by atoms with Crippen molar-refractivity contribution in [1.29, 1.82) is 0 Å². The number of halogens is 8. The first-order valence-corrected chi connectivity index (χ1v) is 13.9. The Kier molecular flexibility index (Phi) is 11.7. The normalized spacial score (nSPS) is 10.3. The highest BCUT2D eigenvalue weighted by Crippen LogP contribution is 2.41. The molecular formula is C27H16Br2Cl4F2O5. The van der Waals surface area contributed by atoms with Gasteiger partial charge in [0.1, 0.15) is 11.5 Å². The molecule has 0 heterocycles. The molecule has 0 aliphatic heterocycles. The third kappa shape index (κ3) is 8.15. The number of benzene rings is 4. The van der Waals surface area contributed by atoms with Crippen LogP contribution < -0.4 is 18.9 Å². The maximum absolute atomic E-state index is 14.0. The molecule has 0 radical (unpaired) electrons. The van der Waals surface area contributed by atoms with E-state index in [1.54, 1.807) is 30.3 Å². The van der Waals surface area contributed by atoms with Crippen LogP contribution >= 0.6 is 78.3 Å². The summed E-state index contributed by atoms with van der Waals surface area (Å²) in [4.78, 5) is 11.0. The monoisotopic (exact) mass is 756 g/mol. The highest BCUT2D eigenvalue weighted by atomic mass is 79.9. The van der Waals surface area contributed by atoms with E-state index in [4.69, 9.17) is 65.4 Å². The Balaban J connectivity index is 0.000000222. The van der Waals surface area contributed by atoms with Crippen LogP contribution in [-0.2, 0) is 0 Å². The summed E-state index contributed by atoms with van der Waals surface area (Å²) in [5.74, 6) is -0.600. The van der Waals surface area contributed by atoms with Crippen molar-refractivity contribution in [3.63, 3.8) is 0 Å². The minimum atomic E-state index is -0.701. The fourth-order valence-electron chi connectivity index (χ4n) is 3.06. The number of carbonyl (C=O) groups excluding carboxylic acids is 1. The number of hydrogen-bond acceptors (Lipinski definition) is 5. The minimum Gasteiger partial charge on any atom is -0.497 e. The zero-order chi connectivity index (χ0) is 29.6. The number of methoxy groups -OCH3 is 2. The summed E-state index contributed by atoms with van der Waals surface area (Å²) in [6, 6.07) is 12.9. The van der Waals surface area contributed by atoms with Crippen molar-refractivity contribution in [2.75, 3.05) is 14.2 Å². The van der Waals surface area contributed by atoms with Gasteiger partial charge in [-0.1, -0.05) is 78.3 Å². The summed E-state index contributed by atoms with van der Waals surface area (Å²) in [5.41, 5.74) is 0.151.